The number of rotatable bonds is 11. The number of carbonyl (C=O) groups excluding carboxylic acids is 2. The van der Waals surface area contributed by atoms with Gasteiger partial charge in [0.15, 0.2) is 11.5 Å². The molecule has 1 aliphatic heterocycles. The minimum Gasteiger partial charge on any atom is -0.460 e. The first-order valence-corrected chi connectivity index (χ1v) is 11.0. The van der Waals surface area contributed by atoms with E-state index in [9.17, 15) is 9.59 Å². The highest BCUT2D eigenvalue weighted by Crippen LogP contribution is 2.34. The molecule has 30 heavy (non-hydrogen) atoms. The van der Waals surface area contributed by atoms with Crippen LogP contribution in [-0.2, 0) is 20.7 Å². The van der Waals surface area contributed by atoms with Crippen molar-refractivity contribution in [1.82, 2.24) is 0 Å². The Morgan fingerprint density at radius 1 is 1.03 bits per heavy atom. The summed E-state index contributed by atoms with van der Waals surface area (Å²) in [5.41, 5.74) is 6.04. The molecule has 2 rings (SSSR count). The van der Waals surface area contributed by atoms with Gasteiger partial charge >= 0.3 is 5.97 Å². The molecule has 0 unspecified atom stereocenters. The molecular weight excluding hydrogens is 382 g/mol. The summed E-state index contributed by atoms with van der Waals surface area (Å²) in [4.78, 5) is 25.4. The Morgan fingerprint density at radius 2 is 1.70 bits per heavy atom. The Balaban J connectivity index is 2.13. The van der Waals surface area contributed by atoms with Crippen molar-refractivity contribution in [2.24, 2.45) is 23.5 Å². The lowest BCUT2D eigenvalue weighted by molar-refractivity contribution is -0.164. The number of esters is 1. The minimum absolute atomic E-state index is 0.189. The van der Waals surface area contributed by atoms with E-state index < -0.39 is 23.3 Å². The van der Waals surface area contributed by atoms with Crippen LogP contribution in [0.25, 0.3) is 0 Å². The van der Waals surface area contributed by atoms with Crippen LogP contribution in [0.4, 0.5) is 0 Å². The van der Waals surface area contributed by atoms with Crippen molar-refractivity contribution in [3.05, 3.63) is 23.8 Å². The highest BCUT2D eigenvalue weighted by Gasteiger charge is 2.35. The second-order valence-corrected chi connectivity index (χ2v) is 9.57. The molecule has 6 nitrogen and oxygen atoms in total. The monoisotopic (exact) mass is 419 g/mol. The second kappa shape index (κ2) is 10.7. The molecule has 168 valence electrons. The van der Waals surface area contributed by atoms with Gasteiger partial charge in [-0.1, -0.05) is 45.6 Å². The van der Waals surface area contributed by atoms with Crippen LogP contribution in [0.5, 0.6) is 11.5 Å². The Hall–Kier alpha value is -2.24. The van der Waals surface area contributed by atoms with Crippen molar-refractivity contribution >= 4 is 11.9 Å². The molecule has 0 radical (unpaired) electrons. The smallest absolute Gasteiger partial charge is 0.310 e. The van der Waals surface area contributed by atoms with Gasteiger partial charge in [0.05, 0.1) is 11.8 Å². The lowest BCUT2D eigenvalue weighted by Gasteiger charge is -2.28. The molecule has 6 heteroatoms. The minimum atomic E-state index is -0.634. The van der Waals surface area contributed by atoms with Crippen LogP contribution in [-0.4, -0.2) is 24.3 Å². The third-order valence-electron chi connectivity index (χ3n) is 5.25. The number of hydrogen-bond acceptors (Lipinski definition) is 5. The fourth-order valence-electron chi connectivity index (χ4n) is 3.72. The number of ether oxygens (including phenoxy) is 3. The number of fused-ring (bicyclic) bond motifs is 1. The largest absolute Gasteiger partial charge is 0.460 e. The Bertz CT molecular complexity index is 723. The molecule has 2 N–H and O–H groups in total. The molecule has 1 heterocycles. The van der Waals surface area contributed by atoms with Gasteiger partial charge in [0.2, 0.25) is 12.7 Å². The molecule has 0 saturated carbocycles. The van der Waals surface area contributed by atoms with Crippen molar-refractivity contribution in [2.45, 2.75) is 78.7 Å². The number of unbranched alkanes of at least 4 members (excludes halogenated alkanes) is 2. The topological polar surface area (TPSA) is 87.8 Å². The highest BCUT2D eigenvalue weighted by atomic mass is 16.7. The first-order valence-electron chi connectivity index (χ1n) is 11.0. The molecule has 1 aliphatic rings. The van der Waals surface area contributed by atoms with Crippen LogP contribution in [0, 0.1) is 17.8 Å². The predicted molar refractivity (Wildman–Crippen MR) is 116 cm³/mol. The van der Waals surface area contributed by atoms with E-state index in [0.717, 1.165) is 31.2 Å². The van der Waals surface area contributed by atoms with Crippen LogP contribution < -0.4 is 15.2 Å². The summed E-state index contributed by atoms with van der Waals surface area (Å²) in [6.45, 7) is 10.1. The zero-order valence-electron chi connectivity index (χ0n) is 19.0. The zero-order valence-corrected chi connectivity index (χ0v) is 19.0. The number of hydrogen-bond donors (Lipinski definition) is 1. The summed E-state index contributed by atoms with van der Waals surface area (Å²) in [6, 6.07) is 5.56. The molecule has 0 bridgehead atoms. The molecule has 0 aliphatic carbocycles. The van der Waals surface area contributed by atoms with E-state index >= 15 is 0 Å². The molecule has 0 aromatic heterocycles. The summed E-state index contributed by atoms with van der Waals surface area (Å²) in [5, 5.41) is 0. The Morgan fingerprint density at radius 3 is 2.33 bits per heavy atom. The fourth-order valence-corrected chi connectivity index (χ4v) is 3.72. The van der Waals surface area contributed by atoms with Crippen molar-refractivity contribution in [3.63, 3.8) is 0 Å². The van der Waals surface area contributed by atoms with Crippen molar-refractivity contribution in [1.29, 1.82) is 0 Å². The first kappa shape index (κ1) is 24.0. The van der Waals surface area contributed by atoms with Crippen LogP contribution in [0.3, 0.4) is 0 Å². The quantitative estimate of drug-likeness (QED) is 0.417. The van der Waals surface area contributed by atoms with E-state index in [0.29, 0.717) is 30.3 Å². The van der Waals surface area contributed by atoms with Gasteiger partial charge in [-0.2, -0.15) is 0 Å². The van der Waals surface area contributed by atoms with Crippen molar-refractivity contribution in [2.75, 3.05) is 6.79 Å². The number of carbonyl (C=O) groups is 2. The van der Waals surface area contributed by atoms with Gasteiger partial charge in [-0.3, -0.25) is 9.59 Å². The average Bonchev–Trinajstić information content (AvgIpc) is 3.09. The van der Waals surface area contributed by atoms with Crippen LogP contribution in [0.1, 0.15) is 72.3 Å². The maximum Gasteiger partial charge on any atom is 0.310 e. The second-order valence-electron chi connectivity index (χ2n) is 9.57. The summed E-state index contributed by atoms with van der Waals surface area (Å²) < 4.78 is 16.4. The van der Waals surface area contributed by atoms with Gasteiger partial charge in [-0.25, -0.2) is 0 Å². The third kappa shape index (κ3) is 7.54. The van der Waals surface area contributed by atoms with Gasteiger partial charge < -0.3 is 19.9 Å². The molecule has 0 saturated heterocycles. The van der Waals surface area contributed by atoms with Gasteiger partial charge in [-0.05, 0) is 57.2 Å². The van der Waals surface area contributed by atoms with Crippen molar-refractivity contribution in [3.8, 4) is 11.5 Å². The average molecular weight is 420 g/mol. The maximum atomic E-state index is 13.0. The standard InChI is InChI=1S/C24H37NO5/c1-16(2)9-7-6-8-10-18(23(27)30-24(3,4)5)19(22(25)26)13-17-11-12-20-21(14-17)29-15-28-20/h11-12,14,16,18-19H,6-10,13,15H2,1-5H3,(H2,25,26)/t18-,19-/m0/s1. The van der Waals surface area contributed by atoms with E-state index in [1.54, 1.807) is 0 Å². The van der Waals surface area contributed by atoms with E-state index in [1.807, 2.05) is 39.0 Å². The van der Waals surface area contributed by atoms with Crippen LogP contribution in [0.2, 0.25) is 0 Å². The molecule has 0 fully saturated rings. The summed E-state index contributed by atoms with van der Waals surface area (Å²) >= 11 is 0. The number of amides is 1. The van der Waals surface area contributed by atoms with Gasteiger partial charge in [-0.15, -0.1) is 0 Å². The molecule has 0 spiro atoms. The third-order valence-corrected chi connectivity index (χ3v) is 5.25. The number of benzene rings is 1. The van der Waals surface area contributed by atoms with E-state index in [2.05, 4.69) is 13.8 Å². The van der Waals surface area contributed by atoms with Gasteiger partial charge in [0, 0.05) is 0 Å². The van der Waals surface area contributed by atoms with E-state index in [4.69, 9.17) is 19.9 Å². The van der Waals surface area contributed by atoms with Gasteiger partial charge in [0.1, 0.15) is 5.60 Å². The highest BCUT2D eigenvalue weighted by molar-refractivity contribution is 5.84. The Kier molecular flexibility index (Phi) is 8.56. The molecule has 1 aromatic carbocycles. The van der Waals surface area contributed by atoms with E-state index in [1.165, 1.54) is 0 Å². The van der Waals surface area contributed by atoms with Crippen molar-refractivity contribution < 1.29 is 23.8 Å². The predicted octanol–water partition coefficient (Wildman–Crippen LogP) is 4.62. The summed E-state index contributed by atoms with van der Waals surface area (Å²) in [5.74, 6) is -0.0319. The fraction of sp³-hybridized carbons (Fsp3) is 0.667. The van der Waals surface area contributed by atoms with Crippen LogP contribution >= 0.6 is 0 Å². The van der Waals surface area contributed by atoms with Crippen LogP contribution in [0.15, 0.2) is 18.2 Å². The van der Waals surface area contributed by atoms with Gasteiger partial charge in [0.25, 0.3) is 0 Å². The lowest BCUT2D eigenvalue weighted by atomic mass is 9.82. The first-order chi connectivity index (χ1) is 14.1. The number of nitrogens with two attached hydrogens (primary N) is 1. The maximum absolute atomic E-state index is 13.0. The number of primary amides is 1. The SMILES string of the molecule is CC(C)CCCCC[C@H](C(=O)OC(C)(C)C)[C@H](Cc1ccc2c(c1)OCO2)C(N)=O. The summed E-state index contributed by atoms with van der Waals surface area (Å²) in [6.07, 6.45) is 5.11. The zero-order chi connectivity index (χ0) is 22.3. The molecule has 1 aromatic rings. The molecule has 1 amide bonds. The van der Waals surface area contributed by atoms with E-state index in [-0.39, 0.29) is 12.8 Å². The summed E-state index contributed by atoms with van der Waals surface area (Å²) in [7, 11) is 0. The molecule has 2 atom stereocenters. The molecular formula is C24H37NO5. The lowest BCUT2D eigenvalue weighted by Crippen LogP contribution is -2.39. The normalized spacial score (nSPS) is 15.1. The Labute approximate surface area is 180 Å².